The molecule has 1 atom stereocenters. The van der Waals surface area contributed by atoms with Gasteiger partial charge in [0.2, 0.25) is 0 Å². The summed E-state index contributed by atoms with van der Waals surface area (Å²) >= 11 is 3.48. The Morgan fingerprint density at radius 3 is 2.63 bits per heavy atom. The lowest BCUT2D eigenvalue weighted by Crippen LogP contribution is -2.40. The number of rotatable bonds is 6. The van der Waals surface area contributed by atoms with E-state index in [0.29, 0.717) is 11.2 Å². The highest BCUT2D eigenvalue weighted by Gasteiger charge is 2.35. The maximum Gasteiger partial charge on any atom is 0.120 e. The molecule has 1 aliphatic carbocycles. The van der Waals surface area contributed by atoms with Crippen molar-refractivity contribution in [2.75, 3.05) is 6.54 Å². The zero-order chi connectivity index (χ0) is 13.9. The lowest BCUT2D eigenvalue weighted by Gasteiger charge is -2.42. The summed E-state index contributed by atoms with van der Waals surface area (Å²) in [5.41, 5.74) is 1.51. The van der Waals surface area contributed by atoms with Gasteiger partial charge in [-0.3, -0.25) is 0 Å². The molecule has 0 saturated heterocycles. The molecule has 2 N–H and O–H groups in total. The number of phenolic OH excluding ortho intramolecular Hbond substituents is 1. The molecule has 2 rings (SSSR count). The number of benzene rings is 1. The van der Waals surface area contributed by atoms with Gasteiger partial charge in [-0.2, -0.15) is 0 Å². The van der Waals surface area contributed by atoms with Gasteiger partial charge in [-0.15, -0.1) is 0 Å². The monoisotopic (exact) mass is 325 g/mol. The molecule has 0 amide bonds. The predicted octanol–water partition coefficient (Wildman–Crippen LogP) is 4.78. The van der Waals surface area contributed by atoms with Crippen LogP contribution in [0.5, 0.6) is 5.75 Å². The van der Waals surface area contributed by atoms with Crippen molar-refractivity contribution in [2.24, 2.45) is 5.41 Å². The van der Waals surface area contributed by atoms with E-state index < -0.39 is 0 Å². The minimum atomic E-state index is 0.238. The molecule has 1 saturated carbocycles. The van der Waals surface area contributed by atoms with Crippen LogP contribution in [0.1, 0.15) is 57.6 Å². The quantitative estimate of drug-likeness (QED) is 0.789. The first-order valence-corrected chi connectivity index (χ1v) is 8.11. The molecular weight excluding hydrogens is 302 g/mol. The van der Waals surface area contributed by atoms with Crippen LogP contribution in [-0.4, -0.2) is 11.7 Å². The number of halogens is 1. The second kappa shape index (κ2) is 6.27. The number of phenols is 1. The van der Waals surface area contributed by atoms with Crippen molar-refractivity contribution in [1.29, 1.82) is 0 Å². The Kier molecular flexibility index (Phi) is 4.91. The van der Waals surface area contributed by atoms with Crippen molar-refractivity contribution in [3.05, 3.63) is 28.2 Å². The van der Waals surface area contributed by atoms with Crippen LogP contribution >= 0.6 is 15.9 Å². The van der Waals surface area contributed by atoms with Gasteiger partial charge in [0.25, 0.3) is 0 Å². The lowest BCUT2D eigenvalue weighted by atomic mass is 9.67. The van der Waals surface area contributed by atoms with E-state index in [-0.39, 0.29) is 6.04 Å². The van der Waals surface area contributed by atoms with Crippen LogP contribution < -0.4 is 5.32 Å². The third-order valence-electron chi connectivity index (χ3n) is 4.66. The fraction of sp³-hybridized carbons (Fsp3) is 0.625. The molecule has 0 heterocycles. The van der Waals surface area contributed by atoms with Gasteiger partial charge in [0.1, 0.15) is 5.75 Å². The van der Waals surface area contributed by atoms with Crippen molar-refractivity contribution >= 4 is 15.9 Å². The van der Waals surface area contributed by atoms with Crippen LogP contribution in [0, 0.1) is 5.41 Å². The zero-order valence-electron chi connectivity index (χ0n) is 11.9. The van der Waals surface area contributed by atoms with Crippen LogP contribution in [0.3, 0.4) is 0 Å². The third kappa shape index (κ3) is 3.32. The zero-order valence-corrected chi connectivity index (χ0v) is 13.5. The first-order valence-electron chi connectivity index (χ1n) is 7.32. The smallest absolute Gasteiger partial charge is 0.120 e. The lowest BCUT2D eigenvalue weighted by molar-refractivity contribution is 0.118. The molecule has 1 unspecified atom stereocenters. The summed E-state index contributed by atoms with van der Waals surface area (Å²) in [6.07, 6.45) is 6.30. The normalized spacial score (nSPS) is 18.9. The molecule has 1 aromatic rings. The molecule has 0 radical (unpaired) electrons. The number of hydrogen-bond acceptors (Lipinski definition) is 2. The highest BCUT2D eigenvalue weighted by Crippen LogP contribution is 2.43. The van der Waals surface area contributed by atoms with Crippen LogP contribution in [0.25, 0.3) is 0 Å². The maximum absolute atomic E-state index is 10.0. The Hall–Kier alpha value is -0.540. The van der Waals surface area contributed by atoms with Crippen molar-refractivity contribution in [3.8, 4) is 5.75 Å². The van der Waals surface area contributed by atoms with Crippen LogP contribution in [0.2, 0.25) is 0 Å². The first kappa shape index (κ1) is 14.9. The van der Waals surface area contributed by atoms with E-state index in [9.17, 15) is 5.11 Å². The average Bonchev–Trinajstić information content (AvgIpc) is 2.36. The van der Waals surface area contributed by atoms with Crippen LogP contribution in [0.15, 0.2) is 22.7 Å². The van der Waals surface area contributed by atoms with E-state index in [0.717, 1.165) is 23.0 Å². The largest absolute Gasteiger partial charge is 0.508 e. The predicted molar refractivity (Wildman–Crippen MR) is 83.4 cm³/mol. The first-order chi connectivity index (χ1) is 9.10. The molecule has 0 spiro atoms. The second-order valence-electron chi connectivity index (χ2n) is 5.75. The van der Waals surface area contributed by atoms with Crippen molar-refractivity contribution < 1.29 is 5.11 Å². The molecule has 3 heteroatoms. The molecule has 0 aliphatic heterocycles. The van der Waals surface area contributed by atoms with E-state index in [2.05, 4.69) is 35.1 Å². The van der Waals surface area contributed by atoms with E-state index in [1.807, 2.05) is 12.1 Å². The summed E-state index contributed by atoms with van der Waals surface area (Å²) < 4.78 is 1.02. The molecule has 0 bridgehead atoms. The molecule has 0 aromatic heterocycles. The van der Waals surface area contributed by atoms with Gasteiger partial charge in [-0.1, -0.05) is 36.2 Å². The Bertz CT molecular complexity index is 423. The van der Waals surface area contributed by atoms with Gasteiger partial charge in [0.05, 0.1) is 0 Å². The molecule has 19 heavy (non-hydrogen) atoms. The maximum atomic E-state index is 10.0. The number of aromatic hydroxyl groups is 1. The summed E-state index contributed by atoms with van der Waals surface area (Å²) in [5, 5.41) is 13.7. The number of hydrogen-bond donors (Lipinski definition) is 2. The van der Waals surface area contributed by atoms with Crippen LogP contribution in [0.4, 0.5) is 0 Å². The molecule has 2 nitrogen and oxygen atoms in total. The average molecular weight is 326 g/mol. The Morgan fingerprint density at radius 2 is 2.11 bits per heavy atom. The van der Waals surface area contributed by atoms with E-state index >= 15 is 0 Å². The fourth-order valence-corrected chi connectivity index (χ4v) is 3.33. The Balaban J connectivity index is 2.05. The SMILES string of the molecule is CCC(NCC1(CC)CCC1)c1cc(Br)ccc1O. The molecule has 106 valence electrons. The minimum Gasteiger partial charge on any atom is -0.508 e. The van der Waals surface area contributed by atoms with E-state index in [1.54, 1.807) is 6.07 Å². The van der Waals surface area contributed by atoms with Crippen molar-refractivity contribution in [3.63, 3.8) is 0 Å². The van der Waals surface area contributed by atoms with Gasteiger partial charge in [-0.05, 0) is 49.3 Å². The summed E-state index contributed by atoms with van der Waals surface area (Å²) in [5.74, 6) is 0.390. The third-order valence-corrected chi connectivity index (χ3v) is 5.15. The van der Waals surface area contributed by atoms with Gasteiger partial charge < -0.3 is 10.4 Å². The Morgan fingerprint density at radius 1 is 1.37 bits per heavy atom. The summed E-state index contributed by atoms with van der Waals surface area (Å²) in [4.78, 5) is 0. The summed E-state index contributed by atoms with van der Waals surface area (Å²) in [7, 11) is 0. The fourth-order valence-electron chi connectivity index (χ4n) is 2.95. The van der Waals surface area contributed by atoms with Gasteiger partial charge in [0.15, 0.2) is 0 Å². The molecular formula is C16H24BrNO. The van der Waals surface area contributed by atoms with Gasteiger partial charge in [0, 0.05) is 22.6 Å². The van der Waals surface area contributed by atoms with Crippen LogP contribution in [-0.2, 0) is 0 Å². The van der Waals surface area contributed by atoms with Gasteiger partial charge >= 0.3 is 0 Å². The van der Waals surface area contributed by atoms with Crippen molar-refractivity contribution in [1.82, 2.24) is 5.32 Å². The second-order valence-corrected chi connectivity index (χ2v) is 6.67. The van der Waals surface area contributed by atoms with E-state index in [1.165, 1.54) is 25.7 Å². The molecule has 1 aliphatic rings. The summed E-state index contributed by atoms with van der Waals surface area (Å²) in [6, 6.07) is 5.91. The standard InChI is InChI=1S/C16H24BrNO/c1-3-14(13-10-12(17)6-7-15(13)19)18-11-16(4-2)8-5-9-16/h6-7,10,14,18-19H,3-5,8-9,11H2,1-2H3. The topological polar surface area (TPSA) is 32.3 Å². The number of nitrogens with one attached hydrogen (secondary N) is 1. The molecule has 1 fully saturated rings. The molecule has 1 aromatic carbocycles. The Labute approximate surface area is 124 Å². The highest BCUT2D eigenvalue weighted by molar-refractivity contribution is 9.10. The van der Waals surface area contributed by atoms with E-state index in [4.69, 9.17) is 0 Å². The van der Waals surface area contributed by atoms with Crippen molar-refractivity contribution in [2.45, 2.75) is 52.0 Å². The summed E-state index contributed by atoms with van der Waals surface area (Å²) in [6.45, 7) is 5.52. The highest BCUT2D eigenvalue weighted by atomic mass is 79.9. The minimum absolute atomic E-state index is 0.238. The van der Waals surface area contributed by atoms with Gasteiger partial charge in [-0.25, -0.2) is 0 Å².